The van der Waals surface area contributed by atoms with E-state index in [9.17, 15) is 50.4 Å². The van der Waals surface area contributed by atoms with Gasteiger partial charge in [-0.25, -0.2) is 4.79 Å². The molecule has 0 radical (unpaired) electrons. The van der Waals surface area contributed by atoms with Crippen molar-refractivity contribution < 1.29 is 74.5 Å². The van der Waals surface area contributed by atoms with Crippen LogP contribution in [0.2, 0.25) is 0 Å². The van der Waals surface area contributed by atoms with Crippen molar-refractivity contribution in [1.82, 2.24) is 0 Å². The molecule has 31 heavy (non-hydrogen) atoms. The molecule has 2 fully saturated rings. The van der Waals surface area contributed by atoms with Gasteiger partial charge in [0.25, 0.3) is 0 Å². The molecule has 0 amide bonds. The van der Waals surface area contributed by atoms with Gasteiger partial charge in [0.05, 0.1) is 13.0 Å². The molecule has 2 aliphatic heterocycles. The maximum Gasteiger partial charge on any atom is 0.335 e. The number of carboxylic acid groups (broad SMARTS) is 1. The van der Waals surface area contributed by atoms with Gasteiger partial charge in [0.2, 0.25) is 0 Å². The summed E-state index contributed by atoms with van der Waals surface area (Å²) in [7, 11) is 0. The lowest BCUT2D eigenvalue weighted by Crippen LogP contribution is -2.64. The molecular formula is C16H26O15. The summed E-state index contributed by atoms with van der Waals surface area (Å²) in [4.78, 5) is 22.2. The Kier molecular flexibility index (Phi) is 9.04. The first-order chi connectivity index (χ1) is 14.5. The molecule has 15 nitrogen and oxygen atoms in total. The van der Waals surface area contributed by atoms with Crippen molar-refractivity contribution in [3.8, 4) is 0 Å². The maximum absolute atomic E-state index is 11.7. The molecule has 9 N–H and O–H groups in total. The molecule has 0 aliphatic carbocycles. The second-order valence-electron chi connectivity index (χ2n) is 7.09. The van der Waals surface area contributed by atoms with Crippen molar-refractivity contribution in [2.24, 2.45) is 0 Å². The molecule has 0 aromatic rings. The second kappa shape index (κ2) is 10.9. The minimum atomic E-state index is -2.01. The van der Waals surface area contributed by atoms with Crippen LogP contribution < -0.4 is 0 Å². The van der Waals surface area contributed by atoms with Gasteiger partial charge < -0.3 is 64.9 Å². The van der Waals surface area contributed by atoms with Crippen molar-refractivity contribution in [2.45, 2.75) is 73.9 Å². The maximum atomic E-state index is 11.7. The highest BCUT2D eigenvalue weighted by Gasteiger charge is 2.50. The van der Waals surface area contributed by atoms with Crippen LogP contribution in [0, 0.1) is 0 Å². The standard InChI is InChI=1S/C16H26O15/c17-2-5-8(21)9(22)12(25)16(30-5)31-13-6(29-15(27)11(24)10(13)23)3-28-14(26)4(18)1-7(19)20/h4-6,8-13,15-18,21-25,27H,1-3H2,(H,19,20)/t4-,5+,6+,8+,9-,10+,11+,12+,13+,15?,16+/m0/s1. The Morgan fingerprint density at radius 3 is 2.10 bits per heavy atom. The number of aliphatic hydroxyl groups excluding tert-OH is 8. The molecule has 2 saturated heterocycles. The lowest BCUT2D eigenvalue weighted by atomic mass is 9.97. The van der Waals surface area contributed by atoms with Gasteiger partial charge in [-0.05, 0) is 0 Å². The highest BCUT2D eigenvalue weighted by atomic mass is 16.7. The fourth-order valence-corrected chi connectivity index (χ4v) is 3.07. The normalized spacial score (nSPS) is 42.1. The van der Waals surface area contributed by atoms with Crippen LogP contribution in [-0.2, 0) is 28.5 Å². The number of esters is 1. The highest BCUT2D eigenvalue weighted by molar-refractivity contribution is 5.80. The Bertz CT molecular complexity index is 614. The van der Waals surface area contributed by atoms with Crippen LogP contribution in [-0.4, -0.2) is 139 Å². The van der Waals surface area contributed by atoms with Gasteiger partial charge in [-0.15, -0.1) is 0 Å². The van der Waals surface area contributed by atoms with Crippen molar-refractivity contribution in [2.75, 3.05) is 13.2 Å². The van der Waals surface area contributed by atoms with Gasteiger partial charge in [0.15, 0.2) is 18.7 Å². The van der Waals surface area contributed by atoms with Gasteiger partial charge in [0.1, 0.15) is 55.4 Å². The summed E-state index contributed by atoms with van der Waals surface area (Å²) in [6, 6.07) is 0. The van der Waals surface area contributed by atoms with Crippen molar-refractivity contribution in [3.05, 3.63) is 0 Å². The first-order valence-electron chi connectivity index (χ1n) is 9.20. The summed E-state index contributed by atoms with van der Waals surface area (Å²) in [6.45, 7) is -1.56. The van der Waals surface area contributed by atoms with Gasteiger partial charge >= 0.3 is 11.9 Å². The lowest BCUT2D eigenvalue weighted by Gasteiger charge is -2.45. The quantitative estimate of drug-likeness (QED) is 0.153. The van der Waals surface area contributed by atoms with E-state index in [2.05, 4.69) is 0 Å². The average molecular weight is 458 g/mol. The number of carbonyl (C=O) groups is 2. The number of rotatable bonds is 8. The van der Waals surface area contributed by atoms with Crippen molar-refractivity contribution in [3.63, 3.8) is 0 Å². The number of hydrogen-bond donors (Lipinski definition) is 9. The van der Waals surface area contributed by atoms with E-state index in [0.29, 0.717) is 0 Å². The van der Waals surface area contributed by atoms with Crippen LogP contribution in [0.4, 0.5) is 0 Å². The molecule has 15 heteroatoms. The minimum absolute atomic E-state index is 0.766. The summed E-state index contributed by atoms with van der Waals surface area (Å²) in [5, 5.41) is 86.7. The second-order valence-corrected chi connectivity index (χ2v) is 7.09. The zero-order valence-electron chi connectivity index (χ0n) is 15.9. The van der Waals surface area contributed by atoms with E-state index in [1.807, 2.05) is 0 Å². The molecule has 2 heterocycles. The number of ether oxygens (including phenoxy) is 4. The SMILES string of the molecule is O=C(O)C[C@H](O)C(=O)OC[C@H]1OC(O)[C@H](O)[C@@H](O)[C@@H]1O[C@H]1O[C@H](CO)[C@@H](O)[C@H](O)[C@H]1O. The zero-order chi connectivity index (χ0) is 23.5. The monoisotopic (exact) mass is 458 g/mol. The average Bonchev–Trinajstić information content (AvgIpc) is 2.72. The Morgan fingerprint density at radius 2 is 1.52 bits per heavy atom. The first kappa shape index (κ1) is 25.8. The largest absolute Gasteiger partial charge is 0.481 e. The van der Waals surface area contributed by atoms with E-state index in [0.717, 1.165) is 0 Å². The molecule has 0 saturated carbocycles. The fourth-order valence-electron chi connectivity index (χ4n) is 3.07. The molecular weight excluding hydrogens is 432 g/mol. The van der Waals surface area contributed by atoms with Crippen molar-refractivity contribution >= 4 is 11.9 Å². The van der Waals surface area contributed by atoms with Gasteiger partial charge in [-0.2, -0.15) is 0 Å². The zero-order valence-corrected chi connectivity index (χ0v) is 15.9. The van der Waals surface area contributed by atoms with Gasteiger partial charge in [0, 0.05) is 0 Å². The van der Waals surface area contributed by atoms with E-state index in [4.69, 9.17) is 24.1 Å². The third-order valence-corrected chi connectivity index (χ3v) is 4.83. The third-order valence-electron chi connectivity index (χ3n) is 4.83. The number of hydrogen-bond acceptors (Lipinski definition) is 14. The first-order valence-corrected chi connectivity index (χ1v) is 9.20. The summed E-state index contributed by atoms with van der Waals surface area (Å²) in [5.74, 6) is -2.83. The van der Waals surface area contributed by atoms with Crippen LogP contribution in [0.1, 0.15) is 6.42 Å². The smallest absolute Gasteiger partial charge is 0.335 e. The van der Waals surface area contributed by atoms with Crippen LogP contribution in [0.3, 0.4) is 0 Å². The van der Waals surface area contributed by atoms with E-state index >= 15 is 0 Å². The molecule has 2 aliphatic rings. The predicted molar refractivity (Wildman–Crippen MR) is 90.8 cm³/mol. The number of carbonyl (C=O) groups excluding carboxylic acids is 1. The number of aliphatic hydroxyl groups is 8. The molecule has 180 valence electrons. The summed E-state index contributed by atoms with van der Waals surface area (Å²) >= 11 is 0. The van der Waals surface area contributed by atoms with E-state index in [-0.39, 0.29) is 0 Å². The summed E-state index contributed by atoms with van der Waals surface area (Å²) < 4.78 is 20.2. The van der Waals surface area contributed by atoms with Gasteiger partial charge in [-0.3, -0.25) is 4.79 Å². The molecule has 11 atom stereocenters. The Morgan fingerprint density at radius 1 is 0.871 bits per heavy atom. The molecule has 0 aromatic carbocycles. The lowest BCUT2D eigenvalue weighted by molar-refractivity contribution is -0.355. The molecule has 0 spiro atoms. The summed E-state index contributed by atoms with van der Waals surface area (Å²) in [5.41, 5.74) is 0. The Hall–Kier alpha value is -1.50. The fraction of sp³-hybridized carbons (Fsp3) is 0.875. The van der Waals surface area contributed by atoms with E-state index < -0.39 is 99.1 Å². The molecule has 0 aromatic heterocycles. The Labute approximate surface area is 174 Å². The topological polar surface area (TPSA) is 253 Å². The van der Waals surface area contributed by atoms with E-state index in [1.165, 1.54) is 0 Å². The number of carboxylic acids is 1. The molecule has 0 bridgehead atoms. The van der Waals surface area contributed by atoms with Crippen LogP contribution >= 0.6 is 0 Å². The molecule has 1 unspecified atom stereocenters. The number of aliphatic carboxylic acids is 1. The Balaban J connectivity index is 2.11. The van der Waals surface area contributed by atoms with Crippen LogP contribution in [0.5, 0.6) is 0 Å². The summed E-state index contributed by atoms with van der Waals surface area (Å²) in [6.07, 6.45) is -20.3. The van der Waals surface area contributed by atoms with E-state index in [1.54, 1.807) is 0 Å². The molecule has 2 rings (SSSR count). The minimum Gasteiger partial charge on any atom is -0.481 e. The highest BCUT2D eigenvalue weighted by Crippen LogP contribution is 2.28. The van der Waals surface area contributed by atoms with Crippen LogP contribution in [0.15, 0.2) is 0 Å². The third kappa shape index (κ3) is 6.05. The van der Waals surface area contributed by atoms with Crippen molar-refractivity contribution in [1.29, 1.82) is 0 Å². The van der Waals surface area contributed by atoms with Crippen LogP contribution in [0.25, 0.3) is 0 Å². The predicted octanol–water partition coefficient (Wildman–Crippen LogP) is -6.01. The van der Waals surface area contributed by atoms with Gasteiger partial charge in [-0.1, -0.05) is 0 Å².